The first-order valence-electron chi connectivity index (χ1n) is 13.3. The number of rotatable bonds is 3. The molecule has 0 aliphatic carbocycles. The molecule has 1 saturated heterocycles. The fourth-order valence-corrected chi connectivity index (χ4v) is 5.74. The fraction of sp³-hybridized carbons (Fsp3) is 0.176. The number of nitrogens with zero attached hydrogens (tertiary/aromatic N) is 1. The summed E-state index contributed by atoms with van der Waals surface area (Å²) in [6.45, 7) is 8.44. The average molecular weight is 495 g/mol. The molecule has 2 heterocycles. The van der Waals surface area contributed by atoms with Gasteiger partial charge in [0.2, 0.25) is 0 Å². The second-order valence-electron chi connectivity index (χ2n) is 11.3. The van der Waals surface area contributed by atoms with E-state index in [0.717, 1.165) is 22.1 Å². The van der Waals surface area contributed by atoms with Gasteiger partial charge in [-0.05, 0) is 79.3 Å². The molecule has 0 radical (unpaired) electrons. The van der Waals surface area contributed by atoms with E-state index >= 15 is 0 Å². The monoisotopic (exact) mass is 495 g/mol. The number of benzene rings is 5. The maximum Gasteiger partial charge on any atom is 0.495 e. The minimum absolute atomic E-state index is 0.412. The molecule has 1 aliphatic heterocycles. The summed E-state index contributed by atoms with van der Waals surface area (Å²) in [5.41, 5.74) is 6.12. The van der Waals surface area contributed by atoms with Gasteiger partial charge in [0, 0.05) is 16.5 Å². The van der Waals surface area contributed by atoms with E-state index in [4.69, 9.17) is 9.31 Å². The highest BCUT2D eigenvalue weighted by Crippen LogP contribution is 2.41. The van der Waals surface area contributed by atoms with Gasteiger partial charge in [-0.3, -0.25) is 0 Å². The van der Waals surface area contributed by atoms with Gasteiger partial charge in [-0.15, -0.1) is 0 Å². The van der Waals surface area contributed by atoms with E-state index < -0.39 is 18.3 Å². The van der Waals surface area contributed by atoms with Crippen LogP contribution in [0.1, 0.15) is 27.7 Å². The Labute approximate surface area is 223 Å². The van der Waals surface area contributed by atoms with Crippen molar-refractivity contribution in [2.75, 3.05) is 0 Å². The third-order valence-corrected chi connectivity index (χ3v) is 8.43. The summed E-state index contributed by atoms with van der Waals surface area (Å²) in [6, 6.07) is 39.0. The highest BCUT2D eigenvalue weighted by Gasteiger charge is 2.52. The van der Waals surface area contributed by atoms with Crippen LogP contribution in [0.15, 0.2) is 109 Å². The highest BCUT2D eigenvalue weighted by molar-refractivity contribution is 6.66. The predicted octanol–water partition coefficient (Wildman–Crippen LogP) is 7.90. The number of para-hydroxylation sites is 1. The Morgan fingerprint density at radius 3 is 1.84 bits per heavy atom. The molecule has 7 rings (SSSR count). The smallest absolute Gasteiger partial charge is 0.399 e. The van der Waals surface area contributed by atoms with Crippen LogP contribution in [0.2, 0.25) is 0 Å². The Balaban J connectivity index is 1.59. The van der Waals surface area contributed by atoms with Gasteiger partial charge in [0.05, 0.1) is 22.2 Å². The van der Waals surface area contributed by atoms with Crippen LogP contribution in [0.5, 0.6) is 0 Å². The van der Waals surface area contributed by atoms with Crippen molar-refractivity contribution < 1.29 is 9.31 Å². The van der Waals surface area contributed by atoms with Gasteiger partial charge in [0.25, 0.3) is 0 Å². The molecule has 38 heavy (non-hydrogen) atoms. The third kappa shape index (κ3) is 3.44. The molecule has 0 N–H and O–H groups in total. The summed E-state index contributed by atoms with van der Waals surface area (Å²) < 4.78 is 15.5. The van der Waals surface area contributed by atoms with Gasteiger partial charge in [0.1, 0.15) is 0 Å². The van der Waals surface area contributed by atoms with Crippen LogP contribution in [0.25, 0.3) is 49.4 Å². The number of fused-ring (bicyclic) bond motifs is 5. The molecule has 0 amide bonds. The van der Waals surface area contributed by atoms with Crippen molar-refractivity contribution in [2.24, 2.45) is 0 Å². The van der Waals surface area contributed by atoms with E-state index in [0.29, 0.717) is 0 Å². The van der Waals surface area contributed by atoms with Crippen LogP contribution in [0.3, 0.4) is 0 Å². The maximum absolute atomic E-state index is 6.57. The minimum atomic E-state index is -0.448. The number of hydrogen-bond donors (Lipinski definition) is 0. The Morgan fingerprint density at radius 1 is 0.553 bits per heavy atom. The van der Waals surface area contributed by atoms with Crippen molar-refractivity contribution in [1.82, 2.24) is 4.57 Å². The summed E-state index contributed by atoms with van der Waals surface area (Å²) in [5.74, 6) is 0. The second kappa shape index (κ2) is 8.32. The van der Waals surface area contributed by atoms with Crippen molar-refractivity contribution in [3.8, 4) is 16.8 Å². The van der Waals surface area contributed by atoms with Gasteiger partial charge in [0.15, 0.2) is 0 Å². The van der Waals surface area contributed by atoms with E-state index in [2.05, 4.69) is 141 Å². The minimum Gasteiger partial charge on any atom is -0.399 e. The lowest BCUT2D eigenvalue weighted by molar-refractivity contribution is 0.00578. The van der Waals surface area contributed by atoms with Crippen molar-refractivity contribution in [3.05, 3.63) is 109 Å². The molecule has 5 aromatic carbocycles. The lowest BCUT2D eigenvalue weighted by atomic mass is 9.75. The van der Waals surface area contributed by atoms with Crippen LogP contribution < -0.4 is 5.46 Å². The molecule has 1 aliphatic rings. The zero-order valence-electron chi connectivity index (χ0n) is 22.2. The molecule has 6 aromatic rings. The first kappa shape index (κ1) is 23.3. The number of aromatic nitrogens is 1. The molecule has 0 unspecified atom stereocenters. The molecule has 0 bridgehead atoms. The van der Waals surface area contributed by atoms with Crippen LogP contribution in [-0.4, -0.2) is 22.9 Å². The molecule has 0 saturated carbocycles. The second-order valence-corrected chi connectivity index (χ2v) is 11.3. The van der Waals surface area contributed by atoms with Crippen LogP contribution in [0.4, 0.5) is 0 Å². The summed E-state index contributed by atoms with van der Waals surface area (Å²) in [5, 5.41) is 4.86. The standard InChI is InChI=1S/C34H30BNO2/c1-33(2)34(3,4)38-35(37-33)29-22-31-32(27-18-12-11-17-26(27)29)28-20-19-24(23-13-7-5-8-14-23)21-30(28)36(31)25-15-9-6-10-16-25/h5-22H,1-4H3. The molecule has 1 fully saturated rings. The van der Waals surface area contributed by atoms with Crippen molar-refractivity contribution in [2.45, 2.75) is 38.9 Å². The van der Waals surface area contributed by atoms with E-state index in [-0.39, 0.29) is 0 Å². The van der Waals surface area contributed by atoms with E-state index in [1.807, 2.05) is 0 Å². The Morgan fingerprint density at radius 2 is 1.16 bits per heavy atom. The fourth-order valence-electron chi connectivity index (χ4n) is 5.74. The van der Waals surface area contributed by atoms with Gasteiger partial charge >= 0.3 is 7.12 Å². The Hall–Kier alpha value is -3.86. The highest BCUT2D eigenvalue weighted by atomic mass is 16.7. The van der Waals surface area contributed by atoms with E-state index in [9.17, 15) is 0 Å². The molecule has 4 heteroatoms. The van der Waals surface area contributed by atoms with E-state index in [1.165, 1.54) is 32.8 Å². The lowest BCUT2D eigenvalue weighted by Gasteiger charge is -2.32. The van der Waals surface area contributed by atoms with Crippen LogP contribution in [0, 0.1) is 0 Å². The predicted molar refractivity (Wildman–Crippen MR) is 159 cm³/mol. The van der Waals surface area contributed by atoms with Crippen LogP contribution in [-0.2, 0) is 9.31 Å². The maximum atomic E-state index is 6.57. The molecule has 0 atom stereocenters. The molecule has 3 nitrogen and oxygen atoms in total. The quantitative estimate of drug-likeness (QED) is 0.233. The number of hydrogen-bond acceptors (Lipinski definition) is 2. The molecular formula is C34H30BNO2. The summed E-state index contributed by atoms with van der Waals surface area (Å²) in [4.78, 5) is 0. The summed E-state index contributed by atoms with van der Waals surface area (Å²) in [6.07, 6.45) is 0. The van der Waals surface area contributed by atoms with Crippen molar-refractivity contribution in [3.63, 3.8) is 0 Å². The molecule has 1 aromatic heterocycles. The lowest BCUT2D eigenvalue weighted by Crippen LogP contribution is -2.41. The summed E-state index contributed by atoms with van der Waals surface area (Å²) >= 11 is 0. The molecular weight excluding hydrogens is 465 g/mol. The molecule has 186 valence electrons. The topological polar surface area (TPSA) is 23.4 Å². The Bertz CT molecular complexity index is 1800. The van der Waals surface area contributed by atoms with Gasteiger partial charge < -0.3 is 13.9 Å². The first-order chi connectivity index (χ1) is 18.3. The largest absolute Gasteiger partial charge is 0.495 e. The zero-order chi connectivity index (χ0) is 26.1. The van der Waals surface area contributed by atoms with Crippen LogP contribution >= 0.6 is 0 Å². The van der Waals surface area contributed by atoms with Crippen molar-refractivity contribution >= 4 is 45.2 Å². The third-order valence-electron chi connectivity index (χ3n) is 8.43. The Kier molecular flexibility index (Phi) is 5.10. The summed E-state index contributed by atoms with van der Waals surface area (Å²) in [7, 11) is -0.448. The average Bonchev–Trinajstić information content (AvgIpc) is 3.37. The van der Waals surface area contributed by atoms with Gasteiger partial charge in [-0.2, -0.15) is 0 Å². The van der Waals surface area contributed by atoms with Gasteiger partial charge in [-0.25, -0.2) is 0 Å². The van der Waals surface area contributed by atoms with Crippen molar-refractivity contribution in [1.29, 1.82) is 0 Å². The SMILES string of the molecule is CC1(C)OB(c2cc3c(c4ccccc24)c2ccc(-c4ccccc4)cc2n3-c2ccccc2)OC1(C)C. The van der Waals surface area contributed by atoms with E-state index in [1.54, 1.807) is 0 Å². The normalized spacial score (nSPS) is 16.6. The zero-order valence-corrected chi connectivity index (χ0v) is 22.2. The molecule has 0 spiro atoms. The first-order valence-corrected chi connectivity index (χ1v) is 13.3. The van der Waals surface area contributed by atoms with Gasteiger partial charge in [-0.1, -0.05) is 84.9 Å².